The molecule has 0 unspecified atom stereocenters. The minimum absolute atomic E-state index is 0.192. The van der Waals surface area contributed by atoms with Gasteiger partial charge >= 0.3 is 18.0 Å². The van der Waals surface area contributed by atoms with E-state index in [9.17, 15) is 35.5 Å². The van der Waals surface area contributed by atoms with Crippen molar-refractivity contribution in [2.24, 2.45) is 0 Å². The Kier molecular flexibility index (Phi) is 5.89. The van der Waals surface area contributed by atoms with Crippen molar-refractivity contribution in [3.8, 4) is 0 Å². The number of alkyl halides is 7. The van der Waals surface area contributed by atoms with Crippen LogP contribution in [0, 0.1) is 0 Å². The zero-order chi connectivity index (χ0) is 17.0. The summed E-state index contributed by atoms with van der Waals surface area (Å²) in [5.74, 6) is -10.8. The van der Waals surface area contributed by atoms with E-state index in [1.165, 1.54) is 24.3 Å². The van der Waals surface area contributed by atoms with Gasteiger partial charge in [-0.1, -0.05) is 42.1 Å². The molecule has 1 aromatic carbocycles. The quantitative estimate of drug-likeness (QED) is 0.660. The Morgan fingerprint density at radius 2 is 1.45 bits per heavy atom. The fourth-order valence-corrected chi connectivity index (χ4v) is 2.34. The Labute approximate surface area is 125 Å². The highest BCUT2D eigenvalue weighted by Gasteiger charge is 2.60. The smallest absolute Gasteiger partial charge is 0.282 e. The summed E-state index contributed by atoms with van der Waals surface area (Å²) in [5, 5.41) is -0.615. The van der Waals surface area contributed by atoms with Gasteiger partial charge in [0, 0.05) is 17.7 Å². The van der Waals surface area contributed by atoms with Crippen LogP contribution in [0.1, 0.15) is 23.2 Å². The van der Waals surface area contributed by atoms with E-state index in [1.54, 1.807) is 6.07 Å². The van der Waals surface area contributed by atoms with Gasteiger partial charge in [0.25, 0.3) is 0 Å². The van der Waals surface area contributed by atoms with Crippen molar-refractivity contribution in [3.05, 3.63) is 35.9 Å². The second-order valence-electron chi connectivity index (χ2n) is 4.45. The predicted molar refractivity (Wildman–Crippen MR) is 68.4 cm³/mol. The molecular formula is C13H11F7OS. The predicted octanol–water partition coefficient (Wildman–Crippen LogP) is 5.17. The lowest BCUT2D eigenvalue weighted by Crippen LogP contribution is -2.44. The third-order valence-electron chi connectivity index (χ3n) is 2.62. The molecular weight excluding hydrogens is 337 g/mol. The average molecular weight is 348 g/mol. The standard InChI is InChI=1S/C13H11F7OS/c14-11(15,12(16,17)8-13(18,19)20)6-7-22-10(21)9-4-2-1-3-5-9/h1-5H,6-8H2. The molecule has 0 aliphatic rings. The van der Waals surface area contributed by atoms with Gasteiger partial charge in [0.05, 0.1) is 0 Å². The van der Waals surface area contributed by atoms with Crippen LogP contribution in [0.2, 0.25) is 0 Å². The van der Waals surface area contributed by atoms with Crippen molar-refractivity contribution >= 4 is 16.9 Å². The van der Waals surface area contributed by atoms with E-state index in [1.807, 2.05) is 0 Å². The van der Waals surface area contributed by atoms with E-state index >= 15 is 0 Å². The zero-order valence-electron chi connectivity index (χ0n) is 11.0. The number of hydrogen-bond donors (Lipinski definition) is 0. The summed E-state index contributed by atoms with van der Waals surface area (Å²) < 4.78 is 88.0. The van der Waals surface area contributed by atoms with Crippen LogP contribution in [0.4, 0.5) is 30.7 Å². The molecule has 0 spiro atoms. The van der Waals surface area contributed by atoms with Crippen LogP contribution >= 0.6 is 11.8 Å². The molecule has 22 heavy (non-hydrogen) atoms. The maximum atomic E-state index is 13.2. The minimum atomic E-state index is -5.40. The van der Waals surface area contributed by atoms with Gasteiger partial charge < -0.3 is 0 Å². The minimum Gasteiger partial charge on any atom is -0.282 e. The molecule has 0 aliphatic heterocycles. The molecule has 0 heterocycles. The topological polar surface area (TPSA) is 17.1 Å². The molecule has 0 saturated heterocycles. The van der Waals surface area contributed by atoms with Gasteiger partial charge in [-0.15, -0.1) is 0 Å². The van der Waals surface area contributed by atoms with Crippen LogP contribution in [0.5, 0.6) is 0 Å². The van der Waals surface area contributed by atoms with Crippen molar-refractivity contribution in [1.82, 2.24) is 0 Å². The van der Waals surface area contributed by atoms with Crippen LogP contribution in [0.25, 0.3) is 0 Å². The van der Waals surface area contributed by atoms with E-state index in [0.717, 1.165) is 0 Å². The number of thioether (sulfide) groups is 1. The molecule has 0 atom stereocenters. The second-order valence-corrected chi connectivity index (χ2v) is 5.52. The molecule has 0 saturated carbocycles. The van der Waals surface area contributed by atoms with E-state index in [4.69, 9.17) is 0 Å². The first-order valence-electron chi connectivity index (χ1n) is 5.99. The van der Waals surface area contributed by atoms with Crippen molar-refractivity contribution < 1.29 is 35.5 Å². The number of benzene rings is 1. The summed E-state index contributed by atoms with van der Waals surface area (Å²) in [6, 6.07) is 7.49. The summed E-state index contributed by atoms with van der Waals surface area (Å²) in [5.41, 5.74) is 0.192. The van der Waals surface area contributed by atoms with Crippen molar-refractivity contribution in [1.29, 1.82) is 0 Å². The van der Waals surface area contributed by atoms with Crippen molar-refractivity contribution in [2.45, 2.75) is 30.9 Å². The first-order valence-corrected chi connectivity index (χ1v) is 6.98. The normalized spacial score (nSPS) is 13.2. The van der Waals surface area contributed by atoms with Crippen molar-refractivity contribution in [3.63, 3.8) is 0 Å². The summed E-state index contributed by atoms with van der Waals surface area (Å²) in [6.45, 7) is 0. The fraction of sp³-hybridized carbons (Fsp3) is 0.462. The lowest BCUT2D eigenvalue weighted by molar-refractivity contribution is -0.263. The van der Waals surface area contributed by atoms with E-state index in [2.05, 4.69) is 0 Å². The number of hydrogen-bond acceptors (Lipinski definition) is 2. The van der Waals surface area contributed by atoms with Crippen molar-refractivity contribution in [2.75, 3.05) is 5.75 Å². The number of carbonyl (C=O) groups excluding carboxylic acids is 1. The Morgan fingerprint density at radius 1 is 0.909 bits per heavy atom. The molecule has 1 aromatic rings. The van der Waals surface area contributed by atoms with Crippen LogP contribution in [0.15, 0.2) is 30.3 Å². The van der Waals surface area contributed by atoms with Gasteiger partial charge in [0.1, 0.15) is 6.42 Å². The summed E-state index contributed by atoms with van der Waals surface area (Å²) in [4.78, 5) is 11.6. The molecule has 124 valence electrons. The highest BCUT2D eigenvalue weighted by Crippen LogP contribution is 2.44. The molecule has 1 nitrogen and oxygen atoms in total. The summed E-state index contributed by atoms with van der Waals surface area (Å²) in [7, 11) is 0. The van der Waals surface area contributed by atoms with E-state index < -0.39 is 41.7 Å². The Bertz CT molecular complexity index is 499. The molecule has 0 fully saturated rings. The summed E-state index contributed by atoms with van der Waals surface area (Å²) >= 11 is 0.357. The Morgan fingerprint density at radius 3 is 1.95 bits per heavy atom. The number of carbonyl (C=O) groups is 1. The number of halogens is 7. The lowest BCUT2D eigenvalue weighted by Gasteiger charge is -2.27. The van der Waals surface area contributed by atoms with E-state index in [-0.39, 0.29) is 5.56 Å². The van der Waals surface area contributed by atoms with Crippen LogP contribution < -0.4 is 0 Å². The first kappa shape index (κ1) is 18.8. The molecule has 9 heteroatoms. The second kappa shape index (κ2) is 6.89. The third-order valence-corrected chi connectivity index (χ3v) is 3.52. The molecule has 0 radical (unpaired) electrons. The van der Waals surface area contributed by atoms with Crippen LogP contribution in [0.3, 0.4) is 0 Å². The third kappa shape index (κ3) is 5.51. The van der Waals surface area contributed by atoms with E-state index in [0.29, 0.717) is 11.8 Å². The van der Waals surface area contributed by atoms with Gasteiger partial charge in [-0.3, -0.25) is 4.79 Å². The first-order chi connectivity index (χ1) is 9.95. The molecule has 0 aromatic heterocycles. The fourth-order valence-electron chi connectivity index (χ4n) is 1.49. The summed E-state index contributed by atoms with van der Waals surface area (Å²) in [6.07, 6.45) is -9.83. The zero-order valence-corrected chi connectivity index (χ0v) is 11.8. The number of rotatable bonds is 6. The van der Waals surface area contributed by atoms with Gasteiger partial charge in [0.2, 0.25) is 5.12 Å². The van der Waals surface area contributed by atoms with Crippen LogP contribution in [-0.2, 0) is 0 Å². The highest BCUT2D eigenvalue weighted by atomic mass is 32.2. The lowest BCUT2D eigenvalue weighted by atomic mass is 10.1. The average Bonchev–Trinajstić information content (AvgIpc) is 2.36. The molecule has 0 bridgehead atoms. The monoisotopic (exact) mass is 348 g/mol. The maximum Gasteiger partial charge on any atom is 0.395 e. The van der Waals surface area contributed by atoms with Gasteiger partial charge in [-0.05, 0) is 0 Å². The van der Waals surface area contributed by atoms with Gasteiger partial charge in [0.15, 0.2) is 0 Å². The van der Waals surface area contributed by atoms with Gasteiger partial charge in [-0.2, -0.15) is 30.7 Å². The van der Waals surface area contributed by atoms with Crippen LogP contribution in [-0.4, -0.2) is 28.9 Å². The Hall–Kier alpha value is -1.25. The molecule has 1 rings (SSSR count). The highest BCUT2D eigenvalue weighted by molar-refractivity contribution is 8.14. The Balaban J connectivity index is 2.57. The van der Waals surface area contributed by atoms with Gasteiger partial charge in [-0.25, -0.2) is 0 Å². The molecule has 0 amide bonds. The largest absolute Gasteiger partial charge is 0.395 e. The molecule has 0 N–H and O–H groups in total. The molecule has 0 aliphatic carbocycles. The SMILES string of the molecule is O=C(SCCC(F)(F)C(F)(F)CC(F)(F)F)c1ccccc1. The maximum absolute atomic E-state index is 13.2.